The molecule has 1 saturated heterocycles. The smallest absolute Gasteiger partial charge is 0.226 e. The van der Waals surface area contributed by atoms with Crippen molar-refractivity contribution in [1.82, 2.24) is 4.90 Å². The van der Waals surface area contributed by atoms with Crippen molar-refractivity contribution >= 4 is 17.2 Å². The van der Waals surface area contributed by atoms with Crippen LogP contribution in [0.5, 0.6) is 0 Å². The van der Waals surface area contributed by atoms with Gasteiger partial charge < -0.3 is 10.6 Å². The van der Waals surface area contributed by atoms with Crippen molar-refractivity contribution in [1.29, 1.82) is 0 Å². The maximum atomic E-state index is 12.9. The zero-order valence-corrected chi connectivity index (χ0v) is 12.8. The standard InChI is InChI=1S/C16H24N2OS/c17-10-12-4-1-2-5-14(12)16(19)18-8-3-6-15(18)13-7-9-20-11-13/h7,9,11-12,14-15H,1-6,8,10,17H2. The van der Waals surface area contributed by atoms with Crippen molar-refractivity contribution in [3.05, 3.63) is 22.4 Å². The molecule has 0 aromatic carbocycles. The Morgan fingerprint density at radius 1 is 1.30 bits per heavy atom. The summed E-state index contributed by atoms with van der Waals surface area (Å²) >= 11 is 1.72. The monoisotopic (exact) mass is 292 g/mol. The Hall–Kier alpha value is -0.870. The highest BCUT2D eigenvalue weighted by molar-refractivity contribution is 7.07. The van der Waals surface area contributed by atoms with E-state index < -0.39 is 0 Å². The molecule has 3 rings (SSSR count). The number of nitrogens with two attached hydrogens (primary N) is 1. The maximum Gasteiger partial charge on any atom is 0.226 e. The first-order chi connectivity index (χ1) is 9.81. The van der Waals surface area contributed by atoms with Crippen LogP contribution in [0.25, 0.3) is 0 Å². The molecular weight excluding hydrogens is 268 g/mol. The van der Waals surface area contributed by atoms with Crippen LogP contribution in [0.2, 0.25) is 0 Å². The molecule has 3 atom stereocenters. The third-order valence-corrected chi connectivity index (χ3v) is 5.69. The van der Waals surface area contributed by atoms with E-state index in [-0.39, 0.29) is 5.92 Å². The van der Waals surface area contributed by atoms with Gasteiger partial charge in [-0.3, -0.25) is 4.79 Å². The molecule has 4 heteroatoms. The highest BCUT2D eigenvalue weighted by Gasteiger charge is 2.37. The van der Waals surface area contributed by atoms with E-state index in [2.05, 4.69) is 21.7 Å². The summed E-state index contributed by atoms with van der Waals surface area (Å²) in [6.07, 6.45) is 6.83. The average Bonchev–Trinajstić information content (AvgIpc) is 3.16. The van der Waals surface area contributed by atoms with Crippen LogP contribution in [-0.2, 0) is 4.79 Å². The summed E-state index contributed by atoms with van der Waals surface area (Å²) in [6.45, 7) is 1.58. The molecule has 0 radical (unpaired) electrons. The molecule has 2 fully saturated rings. The Kier molecular flexibility index (Phi) is 4.41. The third kappa shape index (κ3) is 2.63. The molecule has 110 valence electrons. The van der Waals surface area contributed by atoms with E-state index in [4.69, 9.17) is 5.73 Å². The van der Waals surface area contributed by atoms with Crippen molar-refractivity contribution in [3.63, 3.8) is 0 Å². The molecule has 0 bridgehead atoms. The van der Waals surface area contributed by atoms with Gasteiger partial charge in [-0.25, -0.2) is 0 Å². The zero-order valence-electron chi connectivity index (χ0n) is 12.0. The molecule has 1 saturated carbocycles. The predicted molar refractivity (Wildman–Crippen MR) is 82.5 cm³/mol. The maximum absolute atomic E-state index is 12.9. The van der Waals surface area contributed by atoms with Crippen molar-refractivity contribution in [2.24, 2.45) is 17.6 Å². The van der Waals surface area contributed by atoms with Gasteiger partial charge in [0.2, 0.25) is 5.91 Å². The first kappa shape index (κ1) is 14.1. The lowest BCUT2D eigenvalue weighted by atomic mass is 9.78. The summed E-state index contributed by atoms with van der Waals surface area (Å²) in [5, 5.41) is 4.30. The second-order valence-electron chi connectivity index (χ2n) is 6.13. The lowest BCUT2D eigenvalue weighted by Gasteiger charge is -2.35. The van der Waals surface area contributed by atoms with Crippen LogP contribution in [0.4, 0.5) is 0 Å². The quantitative estimate of drug-likeness (QED) is 0.930. The Balaban J connectivity index is 1.75. The lowest BCUT2D eigenvalue weighted by molar-refractivity contribution is -0.139. The van der Waals surface area contributed by atoms with Gasteiger partial charge in [0, 0.05) is 12.5 Å². The molecule has 1 aliphatic carbocycles. The van der Waals surface area contributed by atoms with Crippen molar-refractivity contribution in [2.75, 3.05) is 13.1 Å². The molecule has 1 amide bonds. The number of likely N-dealkylation sites (tertiary alicyclic amines) is 1. The minimum absolute atomic E-state index is 0.174. The molecular formula is C16H24N2OS. The van der Waals surface area contributed by atoms with Crippen LogP contribution < -0.4 is 5.73 Å². The first-order valence-electron chi connectivity index (χ1n) is 7.84. The summed E-state index contributed by atoms with van der Waals surface area (Å²) in [4.78, 5) is 15.1. The van der Waals surface area contributed by atoms with Gasteiger partial charge in [0.15, 0.2) is 0 Å². The third-order valence-electron chi connectivity index (χ3n) is 4.99. The van der Waals surface area contributed by atoms with Gasteiger partial charge in [-0.2, -0.15) is 11.3 Å². The van der Waals surface area contributed by atoms with E-state index in [1.165, 1.54) is 18.4 Å². The molecule has 2 heterocycles. The Morgan fingerprint density at radius 3 is 2.90 bits per heavy atom. The van der Waals surface area contributed by atoms with E-state index in [9.17, 15) is 4.79 Å². The number of carbonyl (C=O) groups excluding carboxylic acids is 1. The second-order valence-corrected chi connectivity index (χ2v) is 6.91. The second kappa shape index (κ2) is 6.27. The van der Waals surface area contributed by atoms with E-state index in [0.29, 0.717) is 24.4 Å². The van der Waals surface area contributed by atoms with Crippen molar-refractivity contribution in [2.45, 2.75) is 44.6 Å². The molecule has 1 aromatic heterocycles. The van der Waals surface area contributed by atoms with Crippen LogP contribution in [0, 0.1) is 11.8 Å². The van der Waals surface area contributed by atoms with Gasteiger partial charge in [0.05, 0.1) is 6.04 Å². The number of rotatable bonds is 3. The molecule has 2 N–H and O–H groups in total. The SMILES string of the molecule is NCC1CCCCC1C(=O)N1CCCC1c1ccsc1. The minimum atomic E-state index is 0.174. The zero-order chi connectivity index (χ0) is 13.9. The van der Waals surface area contributed by atoms with Crippen molar-refractivity contribution < 1.29 is 4.79 Å². The van der Waals surface area contributed by atoms with Crippen LogP contribution in [0.3, 0.4) is 0 Å². The summed E-state index contributed by atoms with van der Waals surface area (Å²) < 4.78 is 0. The van der Waals surface area contributed by atoms with Gasteiger partial charge in [-0.15, -0.1) is 0 Å². The fourth-order valence-corrected chi connectivity index (χ4v) is 4.58. The Bertz CT molecular complexity index is 445. The number of nitrogens with zero attached hydrogens (tertiary/aromatic N) is 1. The van der Waals surface area contributed by atoms with Gasteiger partial charge in [0.1, 0.15) is 0 Å². The molecule has 2 aliphatic rings. The minimum Gasteiger partial charge on any atom is -0.335 e. The van der Waals surface area contributed by atoms with E-state index in [0.717, 1.165) is 32.2 Å². The number of thiophene rings is 1. The molecule has 3 unspecified atom stereocenters. The number of amides is 1. The largest absolute Gasteiger partial charge is 0.335 e. The topological polar surface area (TPSA) is 46.3 Å². The molecule has 1 aliphatic heterocycles. The Labute approximate surface area is 125 Å². The van der Waals surface area contributed by atoms with Crippen molar-refractivity contribution in [3.8, 4) is 0 Å². The number of hydrogen-bond acceptors (Lipinski definition) is 3. The van der Waals surface area contributed by atoms with Crippen LogP contribution in [-0.4, -0.2) is 23.9 Å². The summed E-state index contributed by atoms with van der Waals surface area (Å²) in [7, 11) is 0. The fraction of sp³-hybridized carbons (Fsp3) is 0.688. The van der Waals surface area contributed by atoms with Gasteiger partial charge >= 0.3 is 0 Å². The van der Waals surface area contributed by atoms with E-state index in [1.807, 2.05) is 0 Å². The van der Waals surface area contributed by atoms with Gasteiger partial charge in [0.25, 0.3) is 0 Å². The summed E-state index contributed by atoms with van der Waals surface area (Å²) in [5.41, 5.74) is 7.21. The highest BCUT2D eigenvalue weighted by atomic mass is 32.1. The predicted octanol–water partition coefficient (Wildman–Crippen LogP) is 3.18. The van der Waals surface area contributed by atoms with Crippen LogP contribution in [0.15, 0.2) is 16.8 Å². The summed E-state index contributed by atoms with van der Waals surface area (Å²) in [5.74, 6) is 0.946. The highest BCUT2D eigenvalue weighted by Crippen LogP contribution is 2.38. The lowest BCUT2D eigenvalue weighted by Crippen LogP contribution is -2.41. The van der Waals surface area contributed by atoms with E-state index >= 15 is 0 Å². The molecule has 20 heavy (non-hydrogen) atoms. The summed E-state index contributed by atoms with van der Waals surface area (Å²) in [6, 6.07) is 2.48. The number of carbonyl (C=O) groups is 1. The van der Waals surface area contributed by atoms with Crippen LogP contribution in [0.1, 0.15) is 50.1 Å². The first-order valence-corrected chi connectivity index (χ1v) is 8.78. The average molecular weight is 292 g/mol. The van der Waals surface area contributed by atoms with E-state index in [1.54, 1.807) is 11.3 Å². The van der Waals surface area contributed by atoms with Gasteiger partial charge in [-0.05, 0) is 60.5 Å². The molecule has 1 aromatic rings. The Morgan fingerprint density at radius 2 is 2.15 bits per heavy atom. The fourth-order valence-electron chi connectivity index (χ4n) is 3.87. The van der Waals surface area contributed by atoms with Gasteiger partial charge in [-0.1, -0.05) is 12.8 Å². The number of hydrogen-bond donors (Lipinski definition) is 1. The normalized spacial score (nSPS) is 30.6. The molecule has 0 spiro atoms. The molecule has 3 nitrogen and oxygen atoms in total. The van der Waals surface area contributed by atoms with Crippen LogP contribution >= 0.6 is 11.3 Å².